The Morgan fingerprint density at radius 2 is 2.47 bits per heavy atom. The summed E-state index contributed by atoms with van der Waals surface area (Å²) in [5, 5.41) is 9.14. The van der Waals surface area contributed by atoms with Crippen LogP contribution in [0.5, 0.6) is 0 Å². The van der Waals surface area contributed by atoms with Gasteiger partial charge in [-0.25, -0.2) is 4.63 Å². The topological polar surface area (TPSA) is 85.2 Å². The molecule has 7 heteroatoms. The fourth-order valence-corrected chi connectivity index (χ4v) is 3.49. The summed E-state index contributed by atoms with van der Waals surface area (Å²) in [6.07, 6.45) is 1.74. The fourth-order valence-electron chi connectivity index (χ4n) is 2.56. The van der Waals surface area contributed by atoms with E-state index in [1.54, 1.807) is 11.3 Å². The van der Waals surface area contributed by atoms with Crippen molar-refractivity contribution in [3.05, 3.63) is 27.6 Å². The second-order valence-corrected chi connectivity index (χ2v) is 5.47. The van der Waals surface area contributed by atoms with Gasteiger partial charge in [-0.05, 0) is 40.2 Å². The summed E-state index contributed by atoms with van der Waals surface area (Å²) in [4.78, 5) is 15.6. The predicted molar refractivity (Wildman–Crippen MR) is 70.8 cm³/mol. The highest BCUT2D eigenvalue weighted by atomic mass is 32.1. The number of nitrogens with zero attached hydrogens (tertiary/aromatic N) is 3. The largest absolute Gasteiger partial charge is 0.379 e. The van der Waals surface area contributed by atoms with Crippen LogP contribution in [0.15, 0.2) is 16.1 Å². The van der Waals surface area contributed by atoms with E-state index >= 15 is 0 Å². The van der Waals surface area contributed by atoms with Crippen LogP contribution in [0.3, 0.4) is 0 Å². The number of hydrogen-bond acceptors (Lipinski definition) is 6. The van der Waals surface area contributed by atoms with E-state index in [2.05, 4.69) is 33.3 Å². The Kier molecular flexibility index (Phi) is 2.98. The number of hydrogen-bond donors (Lipinski definition) is 1. The number of amides is 1. The van der Waals surface area contributed by atoms with Crippen molar-refractivity contribution < 1.29 is 9.42 Å². The summed E-state index contributed by atoms with van der Waals surface area (Å²) in [5.74, 6) is -0.154. The summed E-state index contributed by atoms with van der Waals surface area (Å²) in [5.41, 5.74) is 6.94. The summed E-state index contributed by atoms with van der Waals surface area (Å²) in [6, 6.07) is 2.18. The number of nitrogen functional groups attached to an aromatic ring is 1. The molecule has 1 aliphatic heterocycles. The Labute approximate surface area is 114 Å². The molecule has 0 saturated carbocycles. The van der Waals surface area contributed by atoms with Crippen LogP contribution in [-0.4, -0.2) is 27.7 Å². The molecule has 0 radical (unpaired) electrons. The Hall–Kier alpha value is -1.89. The van der Waals surface area contributed by atoms with Gasteiger partial charge in [0.05, 0.1) is 6.04 Å². The van der Waals surface area contributed by atoms with Crippen LogP contribution in [0.25, 0.3) is 0 Å². The first-order chi connectivity index (χ1) is 9.22. The number of carbonyl (C=O) groups excluding carboxylic acids is 1. The van der Waals surface area contributed by atoms with Gasteiger partial charge in [0, 0.05) is 11.4 Å². The van der Waals surface area contributed by atoms with Crippen LogP contribution in [0.4, 0.5) is 5.82 Å². The minimum atomic E-state index is -0.206. The van der Waals surface area contributed by atoms with E-state index in [0.29, 0.717) is 6.54 Å². The van der Waals surface area contributed by atoms with E-state index in [1.807, 2.05) is 4.90 Å². The third-order valence-electron chi connectivity index (χ3n) is 3.46. The van der Waals surface area contributed by atoms with Gasteiger partial charge >= 0.3 is 0 Å². The first-order valence-electron chi connectivity index (χ1n) is 6.17. The monoisotopic (exact) mass is 278 g/mol. The molecule has 100 valence electrons. The molecule has 2 aromatic rings. The standard InChI is InChI=1S/C12H14N4O2S/c1-2-8-7-4-6-19-9(7)3-5-16(8)12(17)10-11(13)15-18-14-10/h4,6,8H,2-3,5H2,1H3,(H2,13,15). The first kappa shape index (κ1) is 12.2. The number of anilines is 1. The zero-order chi connectivity index (χ0) is 13.4. The van der Waals surface area contributed by atoms with E-state index in [9.17, 15) is 4.79 Å². The van der Waals surface area contributed by atoms with Gasteiger partial charge in [-0.2, -0.15) is 0 Å². The highest BCUT2D eigenvalue weighted by Crippen LogP contribution is 2.36. The number of fused-ring (bicyclic) bond motifs is 1. The lowest BCUT2D eigenvalue weighted by atomic mass is 9.97. The van der Waals surface area contributed by atoms with Crippen molar-refractivity contribution in [3.63, 3.8) is 0 Å². The summed E-state index contributed by atoms with van der Waals surface area (Å²) in [6.45, 7) is 2.75. The van der Waals surface area contributed by atoms with Crippen LogP contribution < -0.4 is 5.73 Å². The summed E-state index contributed by atoms with van der Waals surface area (Å²) in [7, 11) is 0. The van der Waals surface area contributed by atoms with Crippen LogP contribution in [0.1, 0.15) is 40.3 Å². The molecule has 1 atom stereocenters. The fraction of sp³-hybridized carbons (Fsp3) is 0.417. The van der Waals surface area contributed by atoms with Crippen LogP contribution in [0.2, 0.25) is 0 Å². The van der Waals surface area contributed by atoms with Crippen LogP contribution >= 0.6 is 11.3 Å². The Morgan fingerprint density at radius 3 is 3.16 bits per heavy atom. The second kappa shape index (κ2) is 4.65. The van der Waals surface area contributed by atoms with Gasteiger partial charge < -0.3 is 10.6 Å². The molecular formula is C12H14N4O2S. The van der Waals surface area contributed by atoms with Crippen molar-refractivity contribution in [1.29, 1.82) is 0 Å². The van der Waals surface area contributed by atoms with Crippen LogP contribution in [-0.2, 0) is 6.42 Å². The van der Waals surface area contributed by atoms with Gasteiger partial charge in [-0.1, -0.05) is 6.92 Å². The molecule has 3 rings (SSSR count). The number of thiophene rings is 1. The van der Waals surface area contributed by atoms with Crippen molar-refractivity contribution in [1.82, 2.24) is 15.2 Å². The lowest BCUT2D eigenvalue weighted by Crippen LogP contribution is -2.39. The zero-order valence-electron chi connectivity index (χ0n) is 10.5. The van der Waals surface area contributed by atoms with Crippen LogP contribution in [0, 0.1) is 0 Å². The van der Waals surface area contributed by atoms with Gasteiger partial charge in [-0.3, -0.25) is 4.79 Å². The Bertz CT molecular complexity index is 606. The Morgan fingerprint density at radius 1 is 1.63 bits per heavy atom. The van der Waals surface area contributed by atoms with E-state index < -0.39 is 0 Å². The average molecular weight is 278 g/mol. The third kappa shape index (κ3) is 1.90. The molecule has 1 amide bonds. The van der Waals surface area contributed by atoms with Gasteiger partial charge in [0.2, 0.25) is 11.5 Å². The smallest absolute Gasteiger partial charge is 0.280 e. The highest BCUT2D eigenvalue weighted by molar-refractivity contribution is 7.10. The zero-order valence-corrected chi connectivity index (χ0v) is 11.3. The number of nitrogens with two attached hydrogens (primary N) is 1. The van der Waals surface area contributed by atoms with Gasteiger partial charge in [0.15, 0.2) is 0 Å². The first-order valence-corrected chi connectivity index (χ1v) is 7.05. The van der Waals surface area contributed by atoms with Gasteiger partial charge in [-0.15, -0.1) is 11.3 Å². The molecule has 0 spiro atoms. The molecular weight excluding hydrogens is 264 g/mol. The maximum Gasteiger partial charge on any atom is 0.280 e. The predicted octanol–water partition coefficient (Wildman–Crippen LogP) is 1.86. The summed E-state index contributed by atoms with van der Waals surface area (Å²) >= 11 is 1.75. The van der Waals surface area contributed by atoms with Crippen molar-refractivity contribution in [3.8, 4) is 0 Å². The van der Waals surface area contributed by atoms with E-state index in [1.165, 1.54) is 10.4 Å². The molecule has 2 N–H and O–H groups in total. The SMILES string of the molecule is CCC1c2ccsc2CCN1C(=O)c1nonc1N. The van der Waals surface area contributed by atoms with E-state index in [0.717, 1.165) is 12.8 Å². The molecule has 6 nitrogen and oxygen atoms in total. The number of aromatic nitrogens is 2. The van der Waals surface area contributed by atoms with E-state index in [-0.39, 0.29) is 23.5 Å². The lowest BCUT2D eigenvalue weighted by molar-refractivity contribution is 0.0647. The minimum Gasteiger partial charge on any atom is -0.379 e. The van der Waals surface area contributed by atoms with Crippen molar-refractivity contribution in [2.24, 2.45) is 0 Å². The maximum absolute atomic E-state index is 12.5. The van der Waals surface area contributed by atoms with Gasteiger partial charge in [0.1, 0.15) is 0 Å². The molecule has 19 heavy (non-hydrogen) atoms. The minimum absolute atomic E-state index is 0.0518. The molecule has 0 aliphatic carbocycles. The molecule has 2 aromatic heterocycles. The lowest BCUT2D eigenvalue weighted by Gasteiger charge is -2.34. The Balaban J connectivity index is 1.94. The molecule has 0 saturated heterocycles. The molecule has 1 aliphatic rings. The molecule has 0 fully saturated rings. The average Bonchev–Trinajstić information content (AvgIpc) is 3.04. The maximum atomic E-state index is 12.5. The molecule has 0 aromatic carbocycles. The highest BCUT2D eigenvalue weighted by Gasteiger charge is 2.33. The van der Waals surface area contributed by atoms with E-state index in [4.69, 9.17) is 5.73 Å². The molecule has 0 bridgehead atoms. The molecule has 1 unspecified atom stereocenters. The quantitative estimate of drug-likeness (QED) is 0.906. The normalized spacial score (nSPS) is 18.4. The van der Waals surface area contributed by atoms with Gasteiger partial charge in [0.25, 0.3) is 5.91 Å². The van der Waals surface area contributed by atoms with Crippen molar-refractivity contribution in [2.45, 2.75) is 25.8 Å². The number of carbonyl (C=O) groups is 1. The van der Waals surface area contributed by atoms with Crippen molar-refractivity contribution >= 4 is 23.1 Å². The second-order valence-electron chi connectivity index (χ2n) is 4.47. The number of rotatable bonds is 2. The van der Waals surface area contributed by atoms with Crippen molar-refractivity contribution in [2.75, 3.05) is 12.3 Å². The molecule has 3 heterocycles. The third-order valence-corrected chi connectivity index (χ3v) is 4.46. The summed E-state index contributed by atoms with van der Waals surface area (Å²) < 4.78 is 4.51.